The molecule has 3 saturated carbocycles. The van der Waals surface area contributed by atoms with Crippen LogP contribution in [0, 0.1) is 23.2 Å². The first-order chi connectivity index (χ1) is 12.8. The molecule has 5 unspecified atom stereocenters. The molecular formula is C23H29NO3. The smallest absolute Gasteiger partial charge is 0.308 e. The van der Waals surface area contributed by atoms with E-state index in [1.54, 1.807) is 11.1 Å². The molecule has 3 aliphatic carbocycles. The molecule has 3 fully saturated rings. The van der Waals surface area contributed by atoms with E-state index in [9.17, 15) is 9.59 Å². The Morgan fingerprint density at radius 1 is 1.22 bits per heavy atom. The molecule has 1 aromatic carbocycles. The Morgan fingerprint density at radius 3 is 2.63 bits per heavy atom. The molecule has 0 aromatic heterocycles. The van der Waals surface area contributed by atoms with Gasteiger partial charge >= 0.3 is 5.97 Å². The average molecular weight is 367 g/mol. The summed E-state index contributed by atoms with van der Waals surface area (Å²) in [6, 6.07) is 7.64. The topological polar surface area (TPSA) is 46.6 Å². The van der Waals surface area contributed by atoms with E-state index in [0.717, 1.165) is 17.5 Å². The van der Waals surface area contributed by atoms with Crippen LogP contribution in [-0.4, -0.2) is 22.9 Å². The van der Waals surface area contributed by atoms with Gasteiger partial charge in [0.05, 0.1) is 12.5 Å². The van der Waals surface area contributed by atoms with Crippen molar-refractivity contribution in [1.82, 2.24) is 4.90 Å². The Balaban J connectivity index is 1.47. The first kappa shape index (κ1) is 18.3. The van der Waals surface area contributed by atoms with Gasteiger partial charge in [0, 0.05) is 13.1 Å². The molecule has 1 aliphatic heterocycles. The summed E-state index contributed by atoms with van der Waals surface area (Å²) in [6.07, 6.45) is 6.15. The molecule has 0 radical (unpaired) electrons. The lowest BCUT2D eigenvalue weighted by Crippen LogP contribution is -2.57. The van der Waals surface area contributed by atoms with E-state index in [1.165, 1.54) is 13.3 Å². The predicted octanol–water partition coefficient (Wildman–Crippen LogP) is 4.56. The summed E-state index contributed by atoms with van der Waals surface area (Å²) >= 11 is 0. The Hall–Kier alpha value is -2.10. The maximum Gasteiger partial charge on any atom is 0.308 e. The van der Waals surface area contributed by atoms with E-state index in [1.807, 2.05) is 30.3 Å². The van der Waals surface area contributed by atoms with Gasteiger partial charge in [0.15, 0.2) is 0 Å². The molecule has 4 heteroatoms. The fraction of sp³-hybridized carbons (Fsp3) is 0.565. The summed E-state index contributed by atoms with van der Waals surface area (Å²) in [4.78, 5) is 26.5. The Morgan fingerprint density at radius 2 is 1.96 bits per heavy atom. The van der Waals surface area contributed by atoms with E-state index in [2.05, 4.69) is 20.8 Å². The molecule has 5 rings (SSSR count). The van der Waals surface area contributed by atoms with Gasteiger partial charge < -0.3 is 9.64 Å². The highest BCUT2D eigenvalue weighted by Gasteiger charge is 2.57. The number of nitrogens with zero attached hydrogens (tertiary/aromatic N) is 1. The molecule has 2 bridgehead atoms. The number of hydrogen-bond acceptors (Lipinski definition) is 3. The highest BCUT2D eigenvalue weighted by molar-refractivity contribution is 5.80. The van der Waals surface area contributed by atoms with Gasteiger partial charge in [0.1, 0.15) is 6.10 Å². The van der Waals surface area contributed by atoms with Crippen molar-refractivity contribution in [3.05, 3.63) is 41.6 Å². The molecule has 5 atom stereocenters. The maximum absolute atomic E-state index is 12.8. The lowest BCUT2D eigenvalue weighted by molar-refractivity contribution is -0.186. The van der Waals surface area contributed by atoms with E-state index in [-0.39, 0.29) is 30.4 Å². The summed E-state index contributed by atoms with van der Waals surface area (Å²) in [7, 11) is 0. The van der Waals surface area contributed by atoms with Crippen LogP contribution < -0.4 is 0 Å². The summed E-state index contributed by atoms with van der Waals surface area (Å²) in [5, 5.41) is 0. The summed E-state index contributed by atoms with van der Waals surface area (Å²) in [5.41, 5.74) is 2.44. The van der Waals surface area contributed by atoms with Crippen LogP contribution in [-0.2, 0) is 14.3 Å². The van der Waals surface area contributed by atoms with E-state index >= 15 is 0 Å². The zero-order valence-corrected chi connectivity index (χ0v) is 16.6. The number of rotatable bonds is 3. The third-order valence-corrected chi connectivity index (χ3v) is 7.40. The van der Waals surface area contributed by atoms with Crippen molar-refractivity contribution in [3.63, 3.8) is 0 Å². The molecule has 0 spiro atoms. The average Bonchev–Trinajstić information content (AvgIpc) is 2.62. The summed E-state index contributed by atoms with van der Waals surface area (Å²) < 4.78 is 5.94. The molecule has 27 heavy (non-hydrogen) atoms. The SMILES string of the molecule is CC(=O)N1C=Cc2ccccc2C1CC(=O)OC1CC2CC(C1C)C2(C)C. The molecule has 0 N–H and O–H groups in total. The van der Waals surface area contributed by atoms with Crippen molar-refractivity contribution < 1.29 is 14.3 Å². The number of carbonyl (C=O) groups excluding carboxylic acids is 2. The minimum atomic E-state index is -0.291. The number of benzene rings is 1. The molecule has 0 saturated heterocycles. The van der Waals surface area contributed by atoms with Crippen LogP contribution in [0.4, 0.5) is 0 Å². The summed E-state index contributed by atoms with van der Waals surface area (Å²) in [6.45, 7) is 8.45. The molecule has 1 amide bonds. The van der Waals surface area contributed by atoms with Crippen LogP contribution in [0.2, 0.25) is 0 Å². The first-order valence-corrected chi connectivity index (χ1v) is 10.0. The van der Waals surface area contributed by atoms with Crippen molar-refractivity contribution in [2.45, 2.75) is 59.1 Å². The minimum Gasteiger partial charge on any atom is -0.462 e. The second-order valence-corrected chi connectivity index (χ2v) is 9.07. The minimum absolute atomic E-state index is 0.00873. The van der Waals surface area contributed by atoms with Crippen molar-refractivity contribution in [2.75, 3.05) is 0 Å². The Bertz CT molecular complexity index is 797. The molecule has 4 nitrogen and oxygen atoms in total. The van der Waals surface area contributed by atoms with Crippen LogP contribution >= 0.6 is 0 Å². The van der Waals surface area contributed by atoms with E-state index in [4.69, 9.17) is 4.74 Å². The van der Waals surface area contributed by atoms with Gasteiger partial charge in [-0.3, -0.25) is 9.59 Å². The van der Waals surface area contributed by atoms with Crippen molar-refractivity contribution in [1.29, 1.82) is 0 Å². The number of esters is 1. The first-order valence-electron chi connectivity index (χ1n) is 10.0. The van der Waals surface area contributed by atoms with Crippen LogP contribution in [0.15, 0.2) is 30.5 Å². The fourth-order valence-electron chi connectivity index (χ4n) is 5.55. The third-order valence-electron chi connectivity index (χ3n) is 7.40. The van der Waals surface area contributed by atoms with Crippen LogP contribution in [0.3, 0.4) is 0 Å². The standard InChI is InChI=1S/C23H29NO3/c1-14-19-11-17(23(19,3)4)12-21(14)27-22(26)13-20-18-8-6-5-7-16(18)9-10-24(20)15(2)25/h5-10,14,17,19-21H,11-13H2,1-4H3. The van der Waals surface area contributed by atoms with Crippen molar-refractivity contribution >= 4 is 18.0 Å². The van der Waals surface area contributed by atoms with Gasteiger partial charge in [0.25, 0.3) is 0 Å². The zero-order chi connectivity index (χ0) is 19.3. The highest BCUT2D eigenvalue weighted by Crippen LogP contribution is 2.61. The van der Waals surface area contributed by atoms with Crippen LogP contribution in [0.1, 0.15) is 64.1 Å². The molecule has 1 heterocycles. The number of carbonyl (C=O) groups is 2. The number of hydrogen-bond donors (Lipinski definition) is 0. The van der Waals surface area contributed by atoms with Crippen LogP contribution in [0.5, 0.6) is 0 Å². The zero-order valence-electron chi connectivity index (χ0n) is 16.6. The van der Waals surface area contributed by atoms with Crippen molar-refractivity contribution in [3.8, 4) is 0 Å². The highest BCUT2D eigenvalue weighted by atomic mass is 16.5. The Labute approximate surface area is 161 Å². The molecular weight excluding hydrogens is 338 g/mol. The van der Waals surface area contributed by atoms with Gasteiger partial charge in [-0.05, 0) is 53.2 Å². The number of ether oxygens (including phenoxy) is 1. The van der Waals surface area contributed by atoms with Gasteiger partial charge in [-0.15, -0.1) is 0 Å². The van der Waals surface area contributed by atoms with E-state index in [0.29, 0.717) is 23.2 Å². The summed E-state index contributed by atoms with van der Waals surface area (Å²) in [5.74, 6) is 1.43. The third kappa shape index (κ3) is 2.99. The fourth-order valence-corrected chi connectivity index (χ4v) is 5.55. The quantitative estimate of drug-likeness (QED) is 0.736. The molecule has 144 valence electrons. The predicted molar refractivity (Wildman–Crippen MR) is 104 cm³/mol. The normalized spacial score (nSPS) is 33.0. The van der Waals surface area contributed by atoms with Gasteiger partial charge in [-0.25, -0.2) is 0 Å². The number of amides is 1. The van der Waals surface area contributed by atoms with Crippen LogP contribution in [0.25, 0.3) is 6.08 Å². The van der Waals surface area contributed by atoms with Gasteiger partial charge in [-0.2, -0.15) is 0 Å². The second-order valence-electron chi connectivity index (χ2n) is 9.07. The Kier molecular flexibility index (Phi) is 4.40. The van der Waals surface area contributed by atoms with Gasteiger partial charge in [-0.1, -0.05) is 45.0 Å². The molecule has 4 aliphatic rings. The molecule has 1 aromatic rings. The lowest BCUT2D eigenvalue weighted by atomic mass is 9.45. The second kappa shape index (κ2) is 6.50. The lowest BCUT2D eigenvalue weighted by Gasteiger charge is -2.61. The van der Waals surface area contributed by atoms with Gasteiger partial charge in [0.2, 0.25) is 5.91 Å². The van der Waals surface area contributed by atoms with Crippen molar-refractivity contribution in [2.24, 2.45) is 23.2 Å². The van der Waals surface area contributed by atoms with E-state index < -0.39 is 0 Å². The maximum atomic E-state index is 12.8. The largest absolute Gasteiger partial charge is 0.462 e. The number of fused-ring (bicyclic) bond motifs is 3. The monoisotopic (exact) mass is 367 g/mol.